The normalized spacial score (nSPS) is 12.2. The van der Waals surface area contributed by atoms with E-state index in [-0.39, 0.29) is 11.9 Å². The summed E-state index contributed by atoms with van der Waals surface area (Å²) in [6, 6.07) is 7.99. The van der Waals surface area contributed by atoms with Gasteiger partial charge in [0, 0.05) is 36.9 Å². The van der Waals surface area contributed by atoms with Crippen molar-refractivity contribution in [1.82, 2.24) is 10.2 Å². The molecular formula is C27H50N4O. The molecule has 1 atom stereocenters. The minimum absolute atomic E-state index is 0.00770. The van der Waals surface area contributed by atoms with Gasteiger partial charge in [-0.2, -0.15) is 0 Å². The summed E-state index contributed by atoms with van der Waals surface area (Å²) in [6.45, 7) is 11.0. The number of carbonyl (C=O) groups is 1. The minimum atomic E-state index is -0.00770. The Morgan fingerprint density at radius 1 is 0.844 bits per heavy atom. The molecular weight excluding hydrogens is 396 g/mol. The summed E-state index contributed by atoms with van der Waals surface area (Å²) >= 11 is 0. The highest BCUT2D eigenvalue weighted by Gasteiger charge is 2.07. The van der Waals surface area contributed by atoms with Gasteiger partial charge >= 0.3 is 0 Å². The van der Waals surface area contributed by atoms with Crippen LogP contribution in [0.5, 0.6) is 0 Å². The second kappa shape index (κ2) is 18.9. The van der Waals surface area contributed by atoms with E-state index in [1.807, 2.05) is 24.3 Å². The van der Waals surface area contributed by atoms with E-state index in [0.29, 0.717) is 12.1 Å². The maximum Gasteiger partial charge on any atom is 0.251 e. The maximum atomic E-state index is 12.3. The van der Waals surface area contributed by atoms with Crippen molar-refractivity contribution in [1.29, 1.82) is 0 Å². The predicted molar refractivity (Wildman–Crippen MR) is 139 cm³/mol. The zero-order valence-corrected chi connectivity index (χ0v) is 21.1. The number of likely N-dealkylation sites (N-methyl/N-ethyl adjacent to an activating group) is 1. The van der Waals surface area contributed by atoms with Gasteiger partial charge in [0.25, 0.3) is 5.91 Å². The molecule has 184 valence electrons. The fraction of sp³-hybridized carbons (Fsp3) is 0.741. The molecule has 0 fully saturated rings. The van der Waals surface area contributed by atoms with Gasteiger partial charge in [0.2, 0.25) is 0 Å². The molecule has 0 bridgehead atoms. The molecule has 1 rings (SSSR count). The Hall–Kier alpha value is -1.59. The number of carbonyl (C=O) groups excluding carboxylic acids is 1. The number of anilines is 1. The van der Waals surface area contributed by atoms with Gasteiger partial charge < -0.3 is 21.3 Å². The third-order valence-corrected chi connectivity index (χ3v) is 6.28. The number of nitrogens with zero attached hydrogens (tertiary/aromatic N) is 1. The summed E-state index contributed by atoms with van der Waals surface area (Å²) < 4.78 is 0. The Kier molecular flexibility index (Phi) is 16.8. The van der Waals surface area contributed by atoms with Gasteiger partial charge in [-0.3, -0.25) is 4.79 Å². The third kappa shape index (κ3) is 13.7. The molecule has 0 spiro atoms. The average Bonchev–Trinajstić information content (AvgIpc) is 2.81. The number of rotatable bonds is 20. The smallest absolute Gasteiger partial charge is 0.251 e. The molecule has 1 amide bonds. The standard InChI is InChI=1S/C27H50N4O/c1-4-7-8-9-10-11-12-13-14-15-25(28)20-21-29-26-18-16-24(17-19-26)27(32)30-22-23-31(5-2)6-3/h16-19,25,29H,4-15,20-23,28H2,1-3H3,(H,30,32). The largest absolute Gasteiger partial charge is 0.385 e. The van der Waals surface area contributed by atoms with E-state index in [2.05, 4.69) is 36.3 Å². The second-order valence-electron chi connectivity index (χ2n) is 8.95. The first-order chi connectivity index (χ1) is 15.6. The van der Waals surface area contributed by atoms with Crippen LogP contribution in [0.4, 0.5) is 5.69 Å². The molecule has 0 aliphatic carbocycles. The van der Waals surface area contributed by atoms with Gasteiger partial charge in [-0.1, -0.05) is 78.6 Å². The molecule has 0 radical (unpaired) electrons. The lowest BCUT2D eigenvalue weighted by atomic mass is 10.0. The molecule has 0 heterocycles. The predicted octanol–water partition coefficient (Wildman–Crippen LogP) is 5.81. The first-order valence-electron chi connectivity index (χ1n) is 13.2. The van der Waals surface area contributed by atoms with Crippen molar-refractivity contribution in [2.75, 3.05) is 38.0 Å². The Labute approximate surface area is 197 Å². The topological polar surface area (TPSA) is 70.4 Å². The van der Waals surface area contributed by atoms with E-state index in [4.69, 9.17) is 5.73 Å². The van der Waals surface area contributed by atoms with Crippen LogP contribution in [-0.2, 0) is 0 Å². The second-order valence-corrected chi connectivity index (χ2v) is 8.95. The molecule has 1 aromatic carbocycles. The summed E-state index contributed by atoms with van der Waals surface area (Å²) in [6.07, 6.45) is 14.3. The van der Waals surface area contributed by atoms with Gasteiger partial charge in [0.05, 0.1) is 0 Å². The van der Waals surface area contributed by atoms with Crippen molar-refractivity contribution >= 4 is 11.6 Å². The van der Waals surface area contributed by atoms with Crippen LogP contribution in [0.25, 0.3) is 0 Å². The van der Waals surface area contributed by atoms with Gasteiger partial charge in [0.15, 0.2) is 0 Å². The van der Waals surface area contributed by atoms with Crippen molar-refractivity contribution < 1.29 is 4.79 Å². The Morgan fingerprint density at radius 2 is 1.44 bits per heavy atom. The van der Waals surface area contributed by atoms with Crippen LogP contribution < -0.4 is 16.4 Å². The van der Waals surface area contributed by atoms with E-state index in [1.165, 1.54) is 57.8 Å². The van der Waals surface area contributed by atoms with Crippen LogP contribution in [0.2, 0.25) is 0 Å². The van der Waals surface area contributed by atoms with Crippen LogP contribution in [-0.4, -0.2) is 49.6 Å². The molecule has 0 saturated carbocycles. The molecule has 5 heteroatoms. The third-order valence-electron chi connectivity index (χ3n) is 6.28. The number of amides is 1. The van der Waals surface area contributed by atoms with Crippen molar-refractivity contribution in [3.63, 3.8) is 0 Å². The van der Waals surface area contributed by atoms with E-state index < -0.39 is 0 Å². The zero-order chi connectivity index (χ0) is 23.4. The van der Waals surface area contributed by atoms with E-state index in [1.54, 1.807) is 0 Å². The molecule has 1 aromatic rings. The monoisotopic (exact) mass is 446 g/mol. The molecule has 0 aliphatic rings. The molecule has 5 nitrogen and oxygen atoms in total. The van der Waals surface area contributed by atoms with Crippen molar-refractivity contribution in [3.05, 3.63) is 29.8 Å². The number of hydrogen-bond acceptors (Lipinski definition) is 4. The van der Waals surface area contributed by atoms with E-state index >= 15 is 0 Å². The van der Waals surface area contributed by atoms with Crippen molar-refractivity contribution in [3.8, 4) is 0 Å². The van der Waals surface area contributed by atoms with Gasteiger partial charge in [0.1, 0.15) is 0 Å². The van der Waals surface area contributed by atoms with Gasteiger partial charge in [-0.05, 0) is 50.2 Å². The Balaban J connectivity index is 2.10. The first-order valence-corrected chi connectivity index (χ1v) is 13.2. The maximum absolute atomic E-state index is 12.3. The molecule has 1 unspecified atom stereocenters. The lowest BCUT2D eigenvalue weighted by molar-refractivity contribution is 0.0949. The van der Waals surface area contributed by atoms with Crippen molar-refractivity contribution in [2.24, 2.45) is 5.73 Å². The summed E-state index contributed by atoms with van der Waals surface area (Å²) in [5, 5.41) is 6.43. The minimum Gasteiger partial charge on any atom is -0.385 e. The van der Waals surface area contributed by atoms with Crippen LogP contribution in [0.3, 0.4) is 0 Å². The van der Waals surface area contributed by atoms with Crippen LogP contribution in [0.1, 0.15) is 102 Å². The fourth-order valence-electron chi connectivity index (χ4n) is 3.97. The molecule has 0 aromatic heterocycles. The summed E-state index contributed by atoms with van der Waals surface area (Å²) in [4.78, 5) is 14.6. The summed E-state index contributed by atoms with van der Waals surface area (Å²) in [5.41, 5.74) is 8.04. The Bertz CT molecular complexity index is 572. The van der Waals surface area contributed by atoms with Crippen LogP contribution >= 0.6 is 0 Å². The Morgan fingerprint density at radius 3 is 2.03 bits per heavy atom. The number of nitrogens with one attached hydrogen (secondary N) is 2. The first kappa shape index (κ1) is 28.4. The van der Waals surface area contributed by atoms with Crippen LogP contribution in [0.15, 0.2) is 24.3 Å². The summed E-state index contributed by atoms with van der Waals surface area (Å²) in [7, 11) is 0. The van der Waals surface area contributed by atoms with Gasteiger partial charge in [-0.25, -0.2) is 0 Å². The molecule has 32 heavy (non-hydrogen) atoms. The zero-order valence-electron chi connectivity index (χ0n) is 21.1. The van der Waals surface area contributed by atoms with E-state index in [9.17, 15) is 4.79 Å². The summed E-state index contributed by atoms with van der Waals surface area (Å²) in [5.74, 6) is -0.00770. The van der Waals surface area contributed by atoms with Gasteiger partial charge in [-0.15, -0.1) is 0 Å². The highest BCUT2D eigenvalue weighted by Crippen LogP contribution is 2.13. The molecule has 4 N–H and O–H groups in total. The molecule has 0 saturated heterocycles. The fourth-order valence-corrected chi connectivity index (χ4v) is 3.97. The number of hydrogen-bond donors (Lipinski definition) is 3. The van der Waals surface area contributed by atoms with E-state index in [0.717, 1.165) is 44.7 Å². The lowest BCUT2D eigenvalue weighted by Crippen LogP contribution is -2.34. The highest BCUT2D eigenvalue weighted by molar-refractivity contribution is 5.94. The highest BCUT2D eigenvalue weighted by atomic mass is 16.1. The van der Waals surface area contributed by atoms with Crippen molar-refractivity contribution in [2.45, 2.75) is 97.4 Å². The molecule has 0 aliphatic heterocycles. The number of unbranched alkanes of at least 4 members (excludes halogenated alkanes) is 8. The number of benzene rings is 1. The number of nitrogens with two attached hydrogens (primary N) is 1. The SMILES string of the molecule is CCCCCCCCCCCC(N)CCNc1ccc(C(=O)NCCN(CC)CC)cc1. The average molecular weight is 447 g/mol. The lowest BCUT2D eigenvalue weighted by Gasteiger charge is -2.18. The van der Waals surface area contributed by atoms with Crippen LogP contribution in [0, 0.1) is 0 Å². The quantitative estimate of drug-likeness (QED) is 0.221.